The van der Waals surface area contributed by atoms with Gasteiger partial charge >= 0.3 is 6.18 Å². The van der Waals surface area contributed by atoms with Crippen LogP contribution in [0.15, 0.2) is 36.7 Å². The Morgan fingerprint density at radius 3 is 2.54 bits per heavy atom. The van der Waals surface area contributed by atoms with Crippen molar-refractivity contribution in [1.82, 2.24) is 14.5 Å². The van der Waals surface area contributed by atoms with Gasteiger partial charge in [0.2, 0.25) is 5.62 Å². The molecular weight excluding hydrogens is 474 g/mol. The van der Waals surface area contributed by atoms with Crippen LogP contribution in [0.25, 0.3) is 10.9 Å². The van der Waals surface area contributed by atoms with E-state index in [1.54, 1.807) is 0 Å². The number of nitrogens with zero attached hydrogens (tertiary/aromatic N) is 4. The van der Waals surface area contributed by atoms with Gasteiger partial charge in [-0.3, -0.25) is 20.4 Å². The predicted molar refractivity (Wildman–Crippen MR) is 116 cm³/mol. The smallest absolute Gasteiger partial charge is 0.318 e. The molecule has 0 bridgehead atoms. The molecule has 2 N–H and O–H groups in total. The average Bonchev–Trinajstić information content (AvgIpc) is 3.57. The topological polar surface area (TPSA) is 81.7 Å². The standard InChI is InChI=1S/C23H18F6N6/c1-13(30)35-18-3-2-15(24)9-17(18)20(33-21(35)31)34(12-19(25)26)16-8-14(10-32-11-16)4-5-22(6-7-22)23(27,28)29/h2-3,8-11,19,30-31H,6-7,12H2,1H3. The van der Waals surface area contributed by atoms with E-state index in [-0.39, 0.29) is 46.6 Å². The van der Waals surface area contributed by atoms with Crippen LogP contribution in [-0.2, 0) is 0 Å². The third-order valence-corrected chi connectivity index (χ3v) is 5.55. The summed E-state index contributed by atoms with van der Waals surface area (Å²) in [6, 6.07) is 4.74. The molecule has 4 rings (SSSR count). The molecule has 35 heavy (non-hydrogen) atoms. The monoisotopic (exact) mass is 492 g/mol. The molecule has 2 aromatic heterocycles. The van der Waals surface area contributed by atoms with Gasteiger partial charge in [0, 0.05) is 17.1 Å². The van der Waals surface area contributed by atoms with Crippen LogP contribution >= 0.6 is 0 Å². The van der Waals surface area contributed by atoms with Crippen molar-refractivity contribution in [3.8, 4) is 11.8 Å². The van der Waals surface area contributed by atoms with Gasteiger partial charge in [-0.1, -0.05) is 11.8 Å². The molecule has 0 unspecified atom stereocenters. The number of halogens is 6. The van der Waals surface area contributed by atoms with Crippen molar-refractivity contribution in [1.29, 1.82) is 10.8 Å². The highest BCUT2D eigenvalue weighted by atomic mass is 19.4. The van der Waals surface area contributed by atoms with Gasteiger partial charge in [0.25, 0.3) is 6.43 Å². The van der Waals surface area contributed by atoms with Gasteiger partial charge in [-0.2, -0.15) is 18.2 Å². The van der Waals surface area contributed by atoms with E-state index in [2.05, 4.69) is 21.8 Å². The van der Waals surface area contributed by atoms with Gasteiger partial charge in [-0.05, 0) is 44.0 Å². The highest BCUT2D eigenvalue weighted by Crippen LogP contribution is 2.57. The number of anilines is 2. The van der Waals surface area contributed by atoms with Crippen LogP contribution in [0.3, 0.4) is 0 Å². The molecule has 3 aromatic rings. The van der Waals surface area contributed by atoms with Crippen molar-refractivity contribution < 1.29 is 26.3 Å². The van der Waals surface area contributed by atoms with Crippen LogP contribution in [-0.4, -0.2) is 39.5 Å². The van der Waals surface area contributed by atoms with Crippen molar-refractivity contribution in [2.24, 2.45) is 5.41 Å². The molecule has 0 atom stereocenters. The minimum absolute atomic E-state index is 0.0238. The van der Waals surface area contributed by atoms with Gasteiger partial charge in [-0.15, -0.1) is 0 Å². The molecule has 12 heteroatoms. The van der Waals surface area contributed by atoms with Crippen LogP contribution in [0.2, 0.25) is 0 Å². The molecule has 0 saturated heterocycles. The first kappa shape index (κ1) is 24.3. The van der Waals surface area contributed by atoms with Crippen molar-refractivity contribution in [3.05, 3.63) is 53.7 Å². The third kappa shape index (κ3) is 4.71. The lowest BCUT2D eigenvalue weighted by Crippen LogP contribution is -2.32. The second kappa shape index (κ2) is 8.72. The average molecular weight is 492 g/mol. The van der Waals surface area contributed by atoms with Crippen LogP contribution in [0.5, 0.6) is 0 Å². The molecule has 2 heterocycles. The number of rotatable bonds is 4. The normalized spacial score (nSPS) is 14.5. The molecule has 0 radical (unpaired) electrons. The Kier molecular flexibility index (Phi) is 6.04. The number of alkyl halides is 5. The van der Waals surface area contributed by atoms with Gasteiger partial charge in [0.15, 0.2) is 0 Å². The number of pyridine rings is 1. The quantitative estimate of drug-likeness (QED) is 0.233. The number of nitrogens with one attached hydrogen (secondary N) is 2. The largest absolute Gasteiger partial charge is 0.405 e. The summed E-state index contributed by atoms with van der Waals surface area (Å²) >= 11 is 0. The van der Waals surface area contributed by atoms with Gasteiger partial charge in [0.05, 0.1) is 23.9 Å². The van der Waals surface area contributed by atoms with Gasteiger partial charge in [-0.25, -0.2) is 13.2 Å². The van der Waals surface area contributed by atoms with Crippen molar-refractivity contribution in [2.45, 2.75) is 32.4 Å². The summed E-state index contributed by atoms with van der Waals surface area (Å²) < 4.78 is 82.0. The second-order valence-electron chi connectivity index (χ2n) is 8.10. The van der Waals surface area contributed by atoms with E-state index in [4.69, 9.17) is 10.8 Å². The van der Waals surface area contributed by atoms with Crippen LogP contribution in [0.1, 0.15) is 25.3 Å². The summed E-state index contributed by atoms with van der Waals surface area (Å²) in [7, 11) is 0. The maximum absolute atomic E-state index is 14.1. The Bertz CT molecular complexity index is 1430. The molecule has 182 valence electrons. The lowest BCUT2D eigenvalue weighted by Gasteiger charge is -2.25. The maximum atomic E-state index is 14.1. The summed E-state index contributed by atoms with van der Waals surface area (Å²) in [5, 5.41) is 16.2. The Morgan fingerprint density at radius 1 is 1.23 bits per heavy atom. The zero-order valence-corrected chi connectivity index (χ0v) is 18.2. The molecule has 1 saturated carbocycles. The van der Waals surface area contributed by atoms with Gasteiger partial charge in [0.1, 0.15) is 22.9 Å². The summed E-state index contributed by atoms with van der Waals surface area (Å²) in [6.45, 7) is 0.468. The predicted octanol–water partition coefficient (Wildman–Crippen LogP) is 4.99. The number of hydrogen-bond donors (Lipinski definition) is 2. The molecule has 6 nitrogen and oxygen atoms in total. The fourth-order valence-electron chi connectivity index (χ4n) is 3.64. The molecular formula is C23H18F6N6. The fourth-order valence-corrected chi connectivity index (χ4v) is 3.64. The first-order chi connectivity index (χ1) is 16.4. The maximum Gasteiger partial charge on any atom is 0.405 e. The minimum Gasteiger partial charge on any atom is -0.318 e. The van der Waals surface area contributed by atoms with Crippen LogP contribution in [0.4, 0.5) is 37.8 Å². The molecule has 1 aliphatic rings. The molecule has 0 amide bonds. The summed E-state index contributed by atoms with van der Waals surface area (Å²) in [5.74, 6) is 3.70. The van der Waals surface area contributed by atoms with Gasteiger partial charge < -0.3 is 4.90 Å². The SMILES string of the molecule is CC(=N)n1c(=N)nc(N(CC(F)F)c2cncc(C#CC3(C(F)(F)F)CC3)c2)c2cc(F)ccc21. The van der Waals surface area contributed by atoms with Crippen molar-refractivity contribution in [3.63, 3.8) is 0 Å². The van der Waals surface area contributed by atoms with E-state index in [1.807, 2.05) is 0 Å². The zero-order valence-electron chi connectivity index (χ0n) is 18.2. The number of hydrogen-bond acceptors (Lipinski definition) is 5. The summed E-state index contributed by atoms with van der Waals surface area (Å²) in [5.41, 5.74) is -2.23. The van der Waals surface area contributed by atoms with Crippen molar-refractivity contribution in [2.75, 3.05) is 11.4 Å². The van der Waals surface area contributed by atoms with E-state index < -0.39 is 36.0 Å². The van der Waals surface area contributed by atoms with E-state index in [9.17, 15) is 26.3 Å². The highest BCUT2D eigenvalue weighted by molar-refractivity contribution is 5.97. The molecule has 1 fully saturated rings. The lowest BCUT2D eigenvalue weighted by atomic mass is 10.1. The van der Waals surface area contributed by atoms with Crippen molar-refractivity contribution >= 4 is 28.2 Å². The molecule has 1 aliphatic carbocycles. The Hall–Kier alpha value is -3.88. The first-order valence-corrected chi connectivity index (χ1v) is 10.3. The molecule has 1 aromatic carbocycles. The number of benzene rings is 1. The third-order valence-electron chi connectivity index (χ3n) is 5.55. The zero-order chi connectivity index (χ0) is 25.5. The highest BCUT2D eigenvalue weighted by Gasteiger charge is 2.62. The summed E-state index contributed by atoms with van der Waals surface area (Å²) in [6.07, 6.45) is -5.18. The van der Waals surface area contributed by atoms with Crippen LogP contribution in [0, 0.1) is 33.9 Å². The Labute approximate surface area is 195 Å². The molecule has 0 spiro atoms. The van der Waals surface area contributed by atoms with Crippen LogP contribution < -0.4 is 10.5 Å². The Balaban J connectivity index is 1.87. The second-order valence-corrected chi connectivity index (χ2v) is 8.10. The van der Waals surface area contributed by atoms with E-state index >= 15 is 0 Å². The minimum atomic E-state index is -4.48. The summed E-state index contributed by atoms with van der Waals surface area (Å²) in [4.78, 5) is 8.98. The van der Waals surface area contributed by atoms with E-state index in [1.165, 1.54) is 31.5 Å². The van der Waals surface area contributed by atoms with E-state index in [0.29, 0.717) is 0 Å². The van der Waals surface area contributed by atoms with E-state index in [0.717, 1.165) is 21.6 Å². The number of aromatic nitrogens is 3. The lowest BCUT2D eigenvalue weighted by molar-refractivity contribution is -0.168. The fraction of sp³-hybridized carbons (Fsp3) is 0.304. The first-order valence-electron chi connectivity index (χ1n) is 10.3. The number of fused-ring (bicyclic) bond motifs is 1. The molecule has 0 aliphatic heterocycles. The Morgan fingerprint density at radius 2 is 1.94 bits per heavy atom.